The summed E-state index contributed by atoms with van der Waals surface area (Å²) in [6.07, 6.45) is 6.08. The second kappa shape index (κ2) is 23.4. The van der Waals surface area contributed by atoms with Crippen LogP contribution in [-0.4, -0.2) is 0 Å². The van der Waals surface area contributed by atoms with Crippen LogP contribution >= 0.6 is 0 Å². The van der Waals surface area contributed by atoms with Crippen molar-refractivity contribution < 1.29 is 21.1 Å². The molecule has 0 aliphatic rings. The Balaban J connectivity index is -0.0000000800. The zero-order chi connectivity index (χ0) is 6.83. The molecule has 0 N–H and O–H groups in total. The van der Waals surface area contributed by atoms with Gasteiger partial charge in [0.15, 0.2) is 0 Å². The molecule has 0 unspecified atom stereocenters. The molecule has 0 heterocycles. The fourth-order valence-corrected chi connectivity index (χ4v) is 0.354. The van der Waals surface area contributed by atoms with E-state index in [-0.39, 0.29) is 21.1 Å². The summed E-state index contributed by atoms with van der Waals surface area (Å²) in [6.45, 7) is 8.42. The van der Waals surface area contributed by atoms with Crippen LogP contribution in [0.3, 0.4) is 0 Å². The molecule has 0 atom stereocenters. The van der Waals surface area contributed by atoms with Gasteiger partial charge in [0.1, 0.15) is 0 Å². The molecule has 0 aromatic carbocycles. The Morgan fingerprint density at radius 1 is 1.00 bits per heavy atom. The first kappa shape index (κ1) is 16.3. The third-order valence-corrected chi connectivity index (χ3v) is 0.707. The van der Waals surface area contributed by atoms with Gasteiger partial charge in [0.05, 0.1) is 0 Å². The predicted octanol–water partition coefficient (Wildman–Crippen LogP) is 3.42. The van der Waals surface area contributed by atoms with Gasteiger partial charge in [-0.2, -0.15) is 13.8 Å². The molecule has 9 heavy (non-hydrogen) atoms. The third kappa shape index (κ3) is 53.8. The fourth-order valence-electron chi connectivity index (χ4n) is 0.354. The van der Waals surface area contributed by atoms with E-state index in [1.165, 1.54) is 19.3 Å². The van der Waals surface area contributed by atoms with Gasteiger partial charge in [-0.15, -0.1) is 0 Å². The average Bonchev–Trinajstić information content (AvgIpc) is 1.71. The van der Waals surface area contributed by atoms with Crippen molar-refractivity contribution in [2.45, 2.75) is 47.0 Å². The summed E-state index contributed by atoms with van der Waals surface area (Å²) >= 11 is 0. The summed E-state index contributed by atoms with van der Waals surface area (Å²) in [5.41, 5.74) is 0. The normalized spacial score (nSPS) is 6.67. The van der Waals surface area contributed by atoms with Crippen molar-refractivity contribution in [2.75, 3.05) is 0 Å². The second-order valence-corrected chi connectivity index (χ2v) is 1.93. The Labute approximate surface area is 74.7 Å². The Kier molecular flexibility index (Phi) is 42.4. The summed E-state index contributed by atoms with van der Waals surface area (Å²) in [6, 6.07) is 0. The van der Waals surface area contributed by atoms with Gasteiger partial charge < -0.3 is 6.42 Å². The monoisotopic (exact) mass is 299 g/mol. The van der Waals surface area contributed by atoms with Gasteiger partial charge in [-0.3, -0.25) is 0 Å². The summed E-state index contributed by atoms with van der Waals surface area (Å²) in [5.74, 6) is 0. The molecule has 0 amide bonds. The van der Waals surface area contributed by atoms with Crippen LogP contribution < -0.4 is 0 Å². The van der Waals surface area contributed by atoms with Crippen LogP contribution in [0.5, 0.6) is 0 Å². The van der Waals surface area contributed by atoms with Crippen LogP contribution in [0.2, 0.25) is 0 Å². The quantitative estimate of drug-likeness (QED) is 0.685. The molecule has 0 aliphatic heterocycles. The standard InChI is InChI=1S/C5H12.C3H7.W/c1-3-5-4-2;1-3-2;/h3-5H2,1-2H3;3H,1-2H3;/q;-1;. The molecule has 0 aromatic rings. The van der Waals surface area contributed by atoms with Crippen LogP contribution in [0.4, 0.5) is 0 Å². The first-order chi connectivity index (χ1) is 3.83. The number of hydrogen-bond acceptors (Lipinski definition) is 0. The Bertz CT molecular complexity index is 18.5. The molecular weight excluding hydrogens is 280 g/mol. The first-order valence-corrected chi connectivity index (χ1v) is 3.57. The minimum absolute atomic E-state index is 0. The first-order valence-electron chi connectivity index (χ1n) is 3.57. The maximum Gasteiger partial charge on any atom is 0 e. The van der Waals surface area contributed by atoms with Crippen LogP contribution in [0.25, 0.3) is 0 Å². The Morgan fingerprint density at radius 2 is 1.22 bits per heavy atom. The van der Waals surface area contributed by atoms with E-state index >= 15 is 0 Å². The number of hydrogen-bond donors (Lipinski definition) is 0. The summed E-state index contributed by atoms with van der Waals surface area (Å²) in [4.78, 5) is 0. The van der Waals surface area contributed by atoms with E-state index in [1.807, 2.05) is 20.3 Å². The minimum Gasteiger partial charge on any atom is -0.335 e. The maximum absolute atomic E-state index is 2.21. The van der Waals surface area contributed by atoms with Gasteiger partial charge in [-0.1, -0.05) is 33.1 Å². The van der Waals surface area contributed by atoms with E-state index < -0.39 is 0 Å². The van der Waals surface area contributed by atoms with Crippen LogP contribution in [0.15, 0.2) is 0 Å². The van der Waals surface area contributed by atoms with Gasteiger partial charge in [0.25, 0.3) is 0 Å². The Hall–Kier alpha value is 0.688. The second-order valence-electron chi connectivity index (χ2n) is 1.93. The van der Waals surface area contributed by atoms with E-state index in [9.17, 15) is 0 Å². The van der Waals surface area contributed by atoms with Crippen molar-refractivity contribution in [3.05, 3.63) is 6.42 Å². The molecule has 0 spiro atoms. The van der Waals surface area contributed by atoms with Crippen LogP contribution in [-0.2, 0) is 21.1 Å². The van der Waals surface area contributed by atoms with Crippen molar-refractivity contribution in [1.29, 1.82) is 0 Å². The van der Waals surface area contributed by atoms with E-state index in [1.54, 1.807) is 0 Å². The molecule has 0 bridgehead atoms. The van der Waals surface area contributed by atoms with Gasteiger partial charge >= 0.3 is 0 Å². The van der Waals surface area contributed by atoms with E-state index in [2.05, 4.69) is 13.8 Å². The van der Waals surface area contributed by atoms with Crippen molar-refractivity contribution >= 4 is 0 Å². The van der Waals surface area contributed by atoms with Gasteiger partial charge in [0.2, 0.25) is 0 Å². The molecular formula is C8H19W-. The molecule has 0 saturated heterocycles. The molecule has 1 heteroatoms. The third-order valence-electron chi connectivity index (χ3n) is 0.707. The van der Waals surface area contributed by atoms with Crippen molar-refractivity contribution in [1.82, 2.24) is 0 Å². The van der Waals surface area contributed by atoms with Crippen LogP contribution in [0.1, 0.15) is 47.0 Å². The average molecular weight is 299 g/mol. The SMILES string of the molecule is CCCCC.C[CH-]C.[W]. The largest absolute Gasteiger partial charge is 0.335 e. The minimum atomic E-state index is 0. The van der Waals surface area contributed by atoms with E-state index in [0.29, 0.717) is 0 Å². The molecule has 0 aromatic heterocycles. The summed E-state index contributed by atoms with van der Waals surface area (Å²) in [7, 11) is 0. The van der Waals surface area contributed by atoms with Crippen LogP contribution in [0, 0.1) is 6.42 Å². The summed E-state index contributed by atoms with van der Waals surface area (Å²) in [5, 5.41) is 0. The van der Waals surface area contributed by atoms with Crippen molar-refractivity contribution in [3.63, 3.8) is 0 Å². The topological polar surface area (TPSA) is 0 Å². The molecule has 58 valence electrons. The zero-order valence-electron chi connectivity index (χ0n) is 7.11. The van der Waals surface area contributed by atoms with Gasteiger partial charge in [-0.05, 0) is 0 Å². The molecule has 0 saturated carbocycles. The maximum atomic E-state index is 2.21. The fraction of sp³-hybridized carbons (Fsp3) is 0.875. The van der Waals surface area contributed by atoms with Gasteiger partial charge in [-0.25, -0.2) is 0 Å². The Morgan fingerprint density at radius 3 is 1.22 bits per heavy atom. The van der Waals surface area contributed by atoms with E-state index in [0.717, 1.165) is 0 Å². The molecule has 0 nitrogen and oxygen atoms in total. The molecule has 0 radical (unpaired) electrons. The number of rotatable bonds is 2. The molecule has 0 rings (SSSR count). The van der Waals surface area contributed by atoms with Crippen molar-refractivity contribution in [2.24, 2.45) is 0 Å². The molecule has 0 fully saturated rings. The van der Waals surface area contributed by atoms with Crippen molar-refractivity contribution in [3.8, 4) is 0 Å². The van der Waals surface area contributed by atoms with E-state index in [4.69, 9.17) is 0 Å². The zero-order valence-corrected chi connectivity index (χ0v) is 10.0. The predicted molar refractivity (Wildman–Crippen MR) is 40.8 cm³/mol. The smallest absolute Gasteiger partial charge is 0 e. The van der Waals surface area contributed by atoms with Gasteiger partial charge in [0, 0.05) is 21.1 Å². The number of unbranched alkanes of at least 4 members (excludes halogenated alkanes) is 2. The molecule has 0 aliphatic carbocycles. The summed E-state index contributed by atoms with van der Waals surface area (Å²) < 4.78 is 0.